The van der Waals surface area contributed by atoms with Gasteiger partial charge in [0, 0.05) is 12.1 Å². The van der Waals surface area contributed by atoms with Gasteiger partial charge < -0.3 is 10.6 Å². The van der Waals surface area contributed by atoms with Gasteiger partial charge in [0.2, 0.25) is 5.96 Å². The van der Waals surface area contributed by atoms with Crippen molar-refractivity contribution >= 4 is 16.0 Å². The van der Waals surface area contributed by atoms with Crippen LogP contribution in [0.1, 0.15) is 64.2 Å². The maximum Gasteiger partial charge on any atom is 0.285 e. The molecule has 138 valence electrons. The second kappa shape index (κ2) is 8.70. The average molecular weight is 364 g/mol. The number of rotatable bonds is 4. The van der Waals surface area contributed by atoms with Crippen molar-refractivity contribution in [3.05, 3.63) is 30.3 Å². The van der Waals surface area contributed by atoms with E-state index in [0.29, 0.717) is 18.0 Å². The van der Waals surface area contributed by atoms with Gasteiger partial charge in [-0.15, -0.1) is 4.40 Å². The van der Waals surface area contributed by atoms with Crippen LogP contribution in [0.3, 0.4) is 0 Å². The summed E-state index contributed by atoms with van der Waals surface area (Å²) in [7, 11) is -3.70. The molecule has 0 radical (unpaired) electrons. The molecule has 2 aliphatic rings. The summed E-state index contributed by atoms with van der Waals surface area (Å²) in [5, 5.41) is 6.78. The Morgan fingerprint density at radius 2 is 1.28 bits per heavy atom. The smallest absolute Gasteiger partial charge is 0.285 e. The minimum absolute atomic E-state index is 0.239. The molecular weight excluding hydrogens is 334 g/mol. The normalized spacial score (nSPS) is 20.0. The van der Waals surface area contributed by atoms with Gasteiger partial charge in [-0.05, 0) is 37.8 Å². The van der Waals surface area contributed by atoms with E-state index in [1.54, 1.807) is 24.3 Å². The van der Waals surface area contributed by atoms with Crippen LogP contribution in [0.15, 0.2) is 39.6 Å². The molecule has 2 saturated carbocycles. The Balaban J connectivity index is 1.78. The standard InChI is InChI=1S/C19H29N3O2S/c23-25(24,18-14-8-3-9-15-18)22-19(20-16-10-4-1-5-11-16)21-17-12-6-2-7-13-17/h3,8-9,14-17H,1-2,4-7,10-13H2,(H2,20,21,22). The predicted molar refractivity (Wildman–Crippen MR) is 101 cm³/mol. The zero-order chi connectivity index (χ0) is 17.5. The summed E-state index contributed by atoms with van der Waals surface area (Å²) in [6, 6.07) is 9.08. The first-order valence-corrected chi connectivity index (χ1v) is 11.0. The van der Waals surface area contributed by atoms with Crippen molar-refractivity contribution in [3.63, 3.8) is 0 Å². The molecule has 0 aromatic heterocycles. The number of nitrogens with zero attached hydrogens (tertiary/aromatic N) is 1. The molecule has 0 spiro atoms. The van der Waals surface area contributed by atoms with Gasteiger partial charge in [0.25, 0.3) is 10.0 Å². The lowest BCUT2D eigenvalue weighted by atomic mass is 9.95. The summed E-state index contributed by atoms with van der Waals surface area (Å²) in [5.41, 5.74) is 0. The van der Waals surface area contributed by atoms with Gasteiger partial charge in [0.1, 0.15) is 0 Å². The molecule has 25 heavy (non-hydrogen) atoms. The van der Waals surface area contributed by atoms with Gasteiger partial charge in [-0.25, -0.2) is 0 Å². The maximum atomic E-state index is 12.7. The van der Waals surface area contributed by atoms with Gasteiger partial charge in [-0.2, -0.15) is 8.42 Å². The third-order valence-electron chi connectivity index (χ3n) is 5.14. The van der Waals surface area contributed by atoms with Crippen molar-refractivity contribution in [2.45, 2.75) is 81.2 Å². The molecular formula is C19H29N3O2S. The molecule has 0 saturated heterocycles. The monoisotopic (exact) mass is 363 g/mol. The molecule has 0 amide bonds. The van der Waals surface area contributed by atoms with E-state index in [4.69, 9.17) is 0 Å². The van der Waals surface area contributed by atoms with Gasteiger partial charge in [0.05, 0.1) is 4.90 Å². The predicted octanol–water partition coefficient (Wildman–Crippen LogP) is 3.58. The number of benzene rings is 1. The van der Waals surface area contributed by atoms with Crippen LogP contribution in [0, 0.1) is 0 Å². The molecule has 2 N–H and O–H groups in total. The molecule has 3 rings (SSSR count). The lowest BCUT2D eigenvalue weighted by Crippen LogP contribution is -2.48. The van der Waals surface area contributed by atoms with Crippen LogP contribution >= 0.6 is 0 Å². The molecule has 6 heteroatoms. The van der Waals surface area contributed by atoms with Gasteiger partial charge >= 0.3 is 0 Å². The summed E-state index contributed by atoms with van der Waals surface area (Å²) >= 11 is 0. The Labute approximate surface area is 151 Å². The number of hydrogen-bond acceptors (Lipinski definition) is 2. The van der Waals surface area contributed by atoms with E-state index in [-0.39, 0.29) is 4.90 Å². The first kappa shape index (κ1) is 18.2. The van der Waals surface area contributed by atoms with Crippen LogP contribution in [0.25, 0.3) is 0 Å². The van der Waals surface area contributed by atoms with Crippen molar-refractivity contribution in [2.24, 2.45) is 4.40 Å². The molecule has 1 aromatic rings. The first-order valence-electron chi connectivity index (χ1n) is 9.56. The summed E-state index contributed by atoms with van der Waals surface area (Å²) in [5.74, 6) is 0.433. The molecule has 0 bridgehead atoms. The fraction of sp³-hybridized carbons (Fsp3) is 0.632. The highest BCUT2D eigenvalue weighted by molar-refractivity contribution is 7.90. The van der Waals surface area contributed by atoms with Crippen LogP contribution in [0.5, 0.6) is 0 Å². The van der Waals surface area contributed by atoms with Crippen molar-refractivity contribution < 1.29 is 8.42 Å². The fourth-order valence-electron chi connectivity index (χ4n) is 3.74. The van der Waals surface area contributed by atoms with Crippen molar-refractivity contribution in [2.75, 3.05) is 0 Å². The summed E-state index contributed by atoms with van der Waals surface area (Å²) in [6.07, 6.45) is 11.6. The first-order chi connectivity index (χ1) is 12.1. The molecule has 1 aromatic carbocycles. The van der Waals surface area contributed by atoms with Gasteiger partial charge in [-0.1, -0.05) is 56.7 Å². The Bertz CT molecular complexity index is 639. The fourth-order valence-corrected chi connectivity index (χ4v) is 4.69. The van der Waals surface area contributed by atoms with Crippen molar-refractivity contribution in [1.29, 1.82) is 0 Å². The molecule has 0 atom stereocenters. The van der Waals surface area contributed by atoms with Crippen molar-refractivity contribution in [3.8, 4) is 0 Å². The highest BCUT2D eigenvalue weighted by Crippen LogP contribution is 2.20. The minimum Gasteiger partial charge on any atom is -0.353 e. The molecule has 0 unspecified atom stereocenters. The SMILES string of the molecule is O=S(=O)(N=C(NC1CCCCC1)NC1CCCCC1)c1ccccc1. The Morgan fingerprint density at radius 3 is 1.76 bits per heavy atom. The van der Waals surface area contributed by atoms with Crippen LogP contribution in [0.4, 0.5) is 0 Å². The average Bonchev–Trinajstić information content (AvgIpc) is 2.64. The molecule has 2 aliphatic carbocycles. The molecule has 0 aliphatic heterocycles. The Kier molecular flexibility index (Phi) is 6.34. The van der Waals surface area contributed by atoms with Gasteiger partial charge in [0.15, 0.2) is 0 Å². The summed E-state index contributed by atoms with van der Waals surface area (Å²) in [4.78, 5) is 0.239. The van der Waals surface area contributed by atoms with E-state index in [9.17, 15) is 8.42 Å². The topological polar surface area (TPSA) is 70.6 Å². The number of hydrogen-bond donors (Lipinski definition) is 2. The quantitative estimate of drug-likeness (QED) is 0.634. The lowest BCUT2D eigenvalue weighted by molar-refractivity contribution is 0.389. The number of sulfonamides is 1. The van der Waals surface area contributed by atoms with Gasteiger partial charge in [-0.3, -0.25) is 0 Å². The highest BCUT2D eigenvalue weighted by Gasteiger charge is 2.21. The maximum absolute atomic E-state index is 12.7. The number of nitrogens with one attached hydrogen (secondary N) is 2. The third kappa shape index (κ3) is 5.46. The Hall–Kier alpha value is -1.56. The largest absolute Gasteiger partial charge is 0.353 e. The number of guanidine groups is 1. The molecule has 2 fully saturated rings. The second-order valence-electron chi connectivity index (χ2n) is 7.19. The summed E-state index contributed by atoms with van der Waals surface area (Å²) in [6.45, 7) is 0. The van der Waals surface area contributed by atoms with Crippen molar-refractivity contribution in [1.82, 2.24) is 10.6 Å². The zero-order valence-corrected chi connectivity index (χ0v) is 15.6. The van der Waals surface area contributed by atoms with E-state index >= 15 is 0 Å². The van der Waals surface area contributed by atoms with Crippen LogP contribution in [-0.4, -0.2) is 26.5 Å². The highest BCUT2D eigenvalue weighted by atomic mass is 32.2. The van der Waals surface area contributed by atoms with E-state index < -0.39 is 10.0 Å². The zero-order valence-electron chi connectivity index (χ0n) is 14.8. The van der Waals surface area contributed by atoms with Crippen LogP contribution in [0.2, 0.25) is 0 Å². The van der Waals surface area contributed by atoms with Crippen LogP contribution in [-0.2, 0) is 10.0 Å². The minimum atomic E-state index is -3.70. The Morgan fingerprint density at radius 1 is 0.800 bits per heavy atom. The van der Waals surface area contributed by atoms with E-state index in [2.05, 4.69) is 15.0 Å². The molecule has 0 heterocycles. The molecule has 5 nitrogen and oxygen atoms in total. The van der Waals surface area contributed by atoms with E-state index in [1.165, 1.54) is 38.5 Å². The van der Waals surface area contributed by atoms with E-state index in [1.807, 2.05) is 6.07 Å². The lowest BCUT2D eigenvalue weighted by Gasteiger charge is -2.29. The van der Waals surface area contributed by atoms with Crippen LogP contribution < -0.4 is 10.6 Å². The second-order valence-corrected chi connectivity index (χ2v) is 8.79. The summed E-state index contributed by atoms with van der Waals surface area (Å²) < 4.78 is 29.5. The van der Waals surface area contributed by atoms with E-state index in [0.717, 1.165) is 25.7 Å². The third-order valence-corrected chi connectivity index (χ3v) is 6.44.